The summed E-state index contributed by atoms with van der Waals surface area (Å²) >= 11 is 0. The second-order valence-electron chi connectivity index (χ2n) is 8.73. The fourth-order valence-electron chi connectivity index (χ4n) is 4.39. The molecule has 0 aromatic heterocycles. The van der Waals surface area contributed by atoms with Crippen molar-refractivity contribution in [2.45, 2.75) is 52.4 Å². The Labute approximate surface area is 179 Å². The number of nitrogens with zero attached hydrogens (tertiary/aromatic N) is 3. The van der Waals surface area contributed by atoms with Gasteiger partial charge in [0.1, 0.15) is 0 Å². The van der Waals surface area contributed by atoms with E-state index in [-0.39, 0.29) is 24.2 Å². The van der Waals surface area contributed by atoms with Gasteiger partial charge in [-0.1, -0.05) is 59.7 Å². The van der Waals surface area contributed by atoms with Gasteiger partial charge in [-0.25, -0.2) is 5.01 Å². The summed E-state index contributed by atoms with van der Waals surface area (Å²) in [5, 5.41) is 6.53. The van der Waals surface area contributed by atoms with Crippen molar-refractivity contribution < 1.29 is 9.53 Å². The molecule has 30 heavy (non-hydrogen) atoms. The van der Waals surface area contributed by atoms with Crippen LogP contribution in [0.3, 0.4) is 0 Å². The summed E-state index contributed by atoms with van der Waals surface area (Å²) in [6.45, 7) is 10.2. The van der Waals surface area contributed by atoms with Gasteiger partial charge in [0.25, 0.3) is 5.91 Å². The van der Waals surface area contributed by atoms with E-state index >= 15 is 0 Å². The van der Waals surface area contributed by atoms with Gasteiger partial charge < -0.3 is 4.74 Å². The lowest BCUT2D eigenvalue weighted by atomic mass is 9.97. The van der Waals surface area contributed by atoms with Gasteiger partial charge in [0.15, 0.2) is 0 Å². The van der Waals surface area contributed by atoms with E-state index < -0.39 is 0 Å². The van der Waals surface area contributed by atoms with E-state index in [2.05, 4.69) is 81.1 Å². The highest BCUT2D eigenvalue weighted by molar-refractivity contribution is 6.03. The molecule has 3 unspecified atom stereocenters. The molecule has 0 bridgehead atoms. The smallest absolute Gasteiger partial charge is 0.257 e. The minimum atomic E-state index is -0.0645. The number of morpholine rings is 1. The van der Waals surface area contributed by atoms with Crippen molar-refractivity contribution in [2.24, 2.45) is 5.10 Å². The molecule has 2 aromatic carbocycles. The molecule has 2 heterocycles. The molecule has 5 nitrogen and oxygen atoms in total. The molecule has 2 aromatic rings. The number of hydrazone groups is 1. The topological polar surface area (TPSA) is 45.1 Å². The van der Waals surface area contributed by atoms with Crippen LogP contribution in [0.5, 0.6) is 0 Å². The molecule has 0 spiro atoms. The third kappa shape index (κ3) is 4.63. The van der Waals surface area contributed by atoms with Crippen molar-refractivity contribution in [2.75, 3.05) is 19.6 Å². The number of carbonyl (C=O) groups is 1. The maximum atomic E-state index is 13.3. The molecule has 3 atom stereocenters. The minimum absolute atomic E-state index is 0.0454. The third-order valence-electron chi connectivity index (χ3n) is 5.87. The summed E-state index contributed by atoms with van der Waals surface area (Å²) in [5.41, 5.74) is 5.62. The Hall–Kier alpha value is -2.50. The van der Waals surface area contributed by atoms with Gasteiger partial charge in [0, 0.05) is 19.5 Å². The number of amides is 1. The molecule has 0 N–H and O–H groups in total. The predicted octanol–water partition coefficient (Wildman–Crippen LogP) is 4.09. The van der Waals surface area contributed by atoms with Crippen molar-refractivity contribution in [1.29, 1.82) is 0 Å². The Morgan fingerprint density at radius 2 is 1.53 bits per heavy atom. The number of hydrogen-bond acceptors (Lipinski definition) is 4. The highest BCUT2D eigenvalue weighted by atomic mass is 16.5. The Morgan fingerprint density at radius 3 is 2.13 bits per heavy atom. The van der Waals surface area contributed by atoms with Crippen LogP contribution in [0.2, 0.25) is 0 Å². The van der Waals surface area contributed by atoms with Gasteiger partial charge >= 0.3 is 0 Å². The van der Waals surface area contributed by atoms with Crippen LogP contribution in [0.1, 0.15) is 48.6 Å². The van der Waals surface area contributed by atoms with Gasteiger partial charge in [-0.3, -0.25) is 9.69 Å². The van der Waals surface area contributed by atoms with Gasteiger partial charge in [-0.15, -0.1) is 0 Å². The lowest BCUT2D eigenvalue weighted by Gasteiger charge is -2.35. The van der Waals surface area contributed by atoms with Crippen LogP contribution in [0.25, 0.3) is 0 Å². The number of rotatable bonds is 4. The number of benzene rings is 2. The zero-order valence-electron chi connectivity index (χ0n) is 18.3. The van der Waals surface area contributed by atoms with E-state index in [1.165, 1.54) is 11.1 Å². The quantitative estimate of drug-likeness (QED) is 0.770. The Balaban J connectivity index is 1.58. The molecule has 2 aliphatic heterocycles. The molecule has 4 rings (SSSR count). The molecule has 0 aliphatic carbocycles. The van der Waals surface area contributed by atoms with Crippen LogP contribution >= 0.6 is 0 Å². The first-order valence-electron chi connectivity index (χ1n) is 10.8. The van der Waals surface area contributed by atoms with Gasteiger partial charge in [-0.05, 0) is 38.8 Å². The SMILES string of the molecule is Cc1ccc(C2=NN(C(=O)CN3CC(C)OC(C)C3)C(c3ccc(C)cc3)C2)cc1. The molecular formula is C25H31N3O2. The Morgan fingerprint density at radius 1 is 0.967 bits per heavy atom. The van der Waals surface area contributed by atoms with Crippen LogP contribution in [0.4, 0.5) is 0 Å². The molecule has 2 aliphatic rings. The molecule has 1 saturated heterocycles. The summed E-state index contributed by atoms with van der Waals surface area (Å²) < 4.78 is 5.82. The maximum Gasteiger partial charge on any atom is 0.257 e. The average molecular weight is 406 g/mol. The lowest BCUT2D eigenvalue weighted by molar-refractivity contribution is -0.137. The standard InChI is InChI=1S/C25H31N3O2/c1-17-5-9-21(10-6-17)23-13-24(22-11-7-18(2)8-12-22)28(26-23)25(29)16-27-14-19(3)30-20(4)15-27/h5-12,19-20,24H,13-16H2,1-4H3. The fraction of sp³-hybridized carbons (Fsp3) is 0.440. The molecule has 1 amide bonds. The predicted molar refractivity (Wildman–Crippen MR) is 120 cm³/mol. The second-order valence-corrected chi connectivity index (χ2v) is 8.73. The van der Waals surface area contributed by atoms with Crippen LogP contribution < -0.4 is 0 Å². The maximum absolute atomic E-state index is 13.3. The van der Waals surface area contributed by atoms with Crippen LogP contribution in [-0.2, 0) is 9.53 Å². The van der Waals surface area contributed by atoms with E-state index in [9.17, 15) is 4.79 Å². The molecule has 0 radical (unpaired) electrons. The molecular weight excluding hydrogens is 374 g/mol. The van der Waals surface area contributed by atoms with Crippen molar-refractivity contribution in [3.05, 3.63) is 70.8 Å². The van der Waals surface area contributed by atoms with E-state index in [0.29, 0.717) is 6.54 Å². The summed E-state index contributed by atoms with van der Waals surface area (Å²) in [7, 11) is 0. The average Bonchev–Trinajstić information content (AvgIpc) is 3.14. The van der Waals surface area contributed by atoms with Crippen LogP contribution in [-0.4, -0.2) is 53.4 Å². The van der Waals surface area contributed by atoms with Crippen molar-refractivity contribution in [3.8, 4) is 0 Å². The lowest BCUT2D eigenvalue weighted by Crippen LogP contribution is -2.49. The minimum Gasteiger partial charge on any atom is -0.373 e. The van der Waals surface area contributed by atoms with Crippen LogP contribution in [0.15, 0.2) is 53.6 Å². The number of ether oxygens (including phenoxy) is 1. The van der Waals surface area contributed by atoms with E-state index in [1.807, 2.05) is 0 Å². The van der Waals surface area contributed by atoms with Crippen molar-refractivity contribution >= 4 is 11.6 Å². The second kappa shape index (κ2) is 8.70. The van der Waals surface area contributed by atoms with E-state index in [4.69, 9.17) is 9.84 Å². The van der Waals surface area contributed by atoms with Crippen LogP contribution in [0, 0.1) is 13.8 Å². The summed E-state index contributed by atoms with van der Waals surface area (Å²) in [6.07, 6.45) is 1.01. The number of aryl methyl sites for hydroxylation is 2. The van der Waals surface area contributed by atoms with Crippen molar-refractivity contribution in [3.63, 3.8) is 0 Å². The first-order chi connectivity index (χ1) is 14.4. The zero-order valence-corrected chi connectivity index (χ0v) is 18.3. The van der Waals surface area contributed by atoms with E-state index in [0.717, 1.165) is 36.3 Å². The molecule has 5 heteroatoms. The monoisotopic (exact) mass is 405 g/mol. The molecule has 1 fully saturated rings. The summed E-state index contributed by atoms with van der Waals surface area (Å²) in [5.74, 6) is 0.0454. The highest BCUT2D eigenvalue weighted by Crippen LogP contribution is 2.33. The fourth-order valence-corrected chi connectivity index (χ4v) is 4.39. The molecule has 158 valence electrons. The number of carbonyl (C=O) groups excluding carboxylic acids is 1. The Kier molecular flexibility index (Phi) is 6.02. The van der Waals surface area contributed by atoms with Gasteiger partial charge in [-0.2, -0.15) is 5.10 Å². The largest absolute Gasteiger partial charge is 0.373 e. The van der Waals surface area contributed by atoms with Gasteiger partial charge in [0.2, 0.25) is 0 Å². The van der Waals surface area contributed by atoms with Crippen molar-refractivity contribution in [1.82, 2.24) is 9.91 Å². The first-order valence-corrected chi connectivity index (χ1v) is 10.8. The Bertz CT molecular complexity index is 910. The first kappa shape index (κ1) is 20.8. The third-order valence-corrected chi connectivity index (χ3v) is 5.87. The summed E-state index contributed by atoms with van der Waals surface area (Å²) in [4.78, 5) is 15.5. The van der Waals surface area contributed by atoms with E-state index in [1.54, 1.807) is 5.01 Å². The zero-order chi connectivity index (χ0) is 21.3. The van der Waals surface area contributed by atoms with Gasteiger partial charge in [0.05, 0.1) is 30.5 Å². The number of hydrogen-bond donors (Lipinski definition) is 0. The molecule has 0 saturated carbocycles. The summed E-state index contributed by atoms with van der Waals surface area (Å²) in [6, 6.07) is 16.8. The highest BCUT2D eigenvalue weighted by Gasteiger charge is 2.34. The normalized spacial score (nSPS) is 24.7.